The molecular formula is C33H50N4O2. The third-order valence-electron chi connectivity index (χ3n) is 6.91. The maximum Gasteiger partial charge on any atom is 0.219 e. The lowest BCUT2D eigenvalue weighted by molar-refractivity contribution is -0.130. The van der Waals surface area contributed by atoms with Gasteiger partial charge in [0.05, 0.1) is 5.84 Å². The first-order chi connectivity index (χ1) is 18.7. The second-order valence-corrected chi connectivity index (χ2v) is 10.2. The Labute approximate surface area is 236 Å². The number of nitrogens with one attached hydrogen (secondary N) is 1. The number of nitrogens with zero attached hydrogens (tertiary/aromatic N) is 2. The molecule has 3 aliphatic rings. The van der Waals surface area contributed by atoms with Crippen molar-refractivity contribution in [3.8, 4) is 0 Å². The lowest BCUT2D eigenvalue weighted by Gasteiger charge is -2.30. The van der Waals surface area contributed by atoms with Gasteiger partial charge in [0.1, 0.15) is 5.78 Å². The first-order valence-corrected chi connectivity index (χ1v) is 14.5. The van der Waals surface area contributed by atoms with Crippen molar-refractivity contribution in [2.24, 2.45) is 23.5 Å². The summed E-state index contributed by atoms with van der Waals surface area (Å²) in [7, 11) is 0. The average molecular weight is 535 g/mol. The van der Waals surface area contributed by atoms with Gasteiger partial charge in [0.2, 0.25) is 5.91 Å². The molecule has 0 bridgehead atoms. The van der Waals surface area contributed by atoms with E-state index in [9.17, 15) is 9.59 Å². The van der Waals surface area contributed by atoms with Crippen LogP contribution in [-0.4, -0.2) is 40.5 Å². The van der Waals surface area contributed by atoms with Crippen LogP contribution in [0.2, 0.25) is 0 Å². The summed E-state index contributed by atoms with van der Waals surface area (Å²) in [4.78, 5) is 29.5. The van der Waals surface area contributed by atoms with Crippen molar-refractivity contribution in [3.63, 3.8) is 0 Å². The van der Waals surface area contributed by atoms with E-state index in [1.165, 1.54) is 39.0 Å². The minimum Gasteiger partial charge on any atom is -0.388 e. The Bertz CT molecular complexity index is 1060. The standard InChI is InChI=1S/C20H21NO.C9H17NO.C2H6N2.C2H6/c1-3-19(22)20(15-8-9-15)17-7-5-4-6-16(11-17)18-10-14(2)12-21-13-18;1-3-9-4-6-10(7-5-9)8(2)11;1-2(3)4;1-2/h4-5,7,10-13,15,20H,3,8-9H2,1-2H3;9H,3-7H2,1-2H3;1H3,(H3,3,4);1-2H3. The number of rotatable bonds is 6. The van der Waals surface area contributed by atoms with Gasteiger partial charge in [0.15, 0.2) is 0 Å². The van der Waals surface area contributed by atoms with E-state index in [4.69, 9.17) is 11.1 Å². The van der Waals surface area contributed by atoms with Gasteiger partial charge in [-0.25, -0.2) is 0 Å². The lowest BCUT2D eigenvalue weighted by Crippen LogP contribution is -2.36. The molecule has 2 heterocycles. The van der Waals surface area contributed by atoms with Crippen LogP contribution >= 0.6 is 0 Å². The number of likely N-dealkylation sites (tertiary alicyclic amines) is 1. The number of amidine groups is 1. The number of carbonyl (C=O) groups excluding carboxylic acids is 2. The van der Waals surface area contributed by atoms with Crippen LogP contribution in [0.1, 0.15) is 91.2 Å². The van der Waals surface area contributed by atoms with Crippen LogP contribution in [0.4, 0.5) is 0 Å². The molecule has 1 aromatic heterocycles. The van der Waals surface area contributed by atoms with Crippen LogP contribution in [0, 0.1) is 30.1 Å². The van der Waals surface area contributed by atoms with Gasteiger partial charge in [-0.3, -0.25) is 20.0 Å². The first-order valence-electron chi connectivity index (χ1n) is 14.5. The average Bonchev–Trinajstić information content (AvgIpc) is 3.78. The third kappa shape index (κ3) is 12.4. The minimum absolute atomic E-state index is 0.0438. The molecule has 1 amide bonds. The molecule has 6 nitrogen and oxygen atoms in total. The molecule has 3 N–H and O–H groups in total. The molecule has 0 aromatic carbocycles. The number of hydrogen-bond donors (Lipinski definition) is 2. The summed E-state index contributed by atoms with van der Waals surface area (Å²) in [6, 6.07) is 2.11. The molecule has 39 heavy (non-hydrogen) atoms. The van der Waals surface area contributed by atoms with E-state index in [1.807, 2.05) is 57.1 Å². The highest BCUT2D eigenvalue weighted by Crippen LogP contribution is 2.42. The SMILES string of the molecule is CC.CC(=N)N.CCC(=O)C(C1=CC(c2cncc(C)c2)=C=CC=C1)C1CC1.CCC1CCN(C(C)=O)CC1. The highest BCUT2D eigenvalue weighted by molar-refractivity contribution is 5.87. The molecule has 1 saturated carbocycles. The monoisotopic (exact) mass is 534 g/mol. The summed E-state index contributed by atoms with van der Waals surface area (Å²) in [5.41, 5.74) is 12.3. The highest BCUT2D eigenvalue weighted by atomic mass is 16.2. The Kier molecular flexibility index (Phi) is 15.7. The fraction of sp³-hybridized carbons (Fsp3) is 0.545. The summed E-state index contributed by atoms with van der Waals surface area (Å²) >= 11 is 0. The molecular weight excluding hydrogens is 484 g/mol. The largest absolute Gasteiger partial charge is 0.388 e. The Morgan fingerprint density at radius 1 is 1.13 bits per heavy atom. The van der Waals surface area contributed by atoms with Gasteiger partial charge in [-0.15, -0.1) is 5.73 Å². The molecule has 2 fully saturated rings. The summed E-state index contributed by atoms with van der Waals surface area (Å²) in [6.45, 7) is 15.4. The molecule has 1 atom stereocenters. The molecule has 1 aromatic rings. The van der Waals surface area contributed by atoms with Crippen LogP contribution in [0.5, 0.6) is 0 Å². The second kappa shape index (κ2) is 18.1. The van der Waals surface area contributed by atoms with Crippen LogP contribution < -0.4 is 5.73 Å². The van der Waals surface area contributed by atoms with E-state index in [0.29, 0.717) is 18.1 Å². The summed E-state index contributed by atoms with van der Waals surface area (Å²) in [5, 5.41) is 6.28. The molecule has 0 spiro atoms. The van der Waals surface area contributed by atoms with Gasteiger partial charge in [-0.2, -0.15) is 0 Å². The number of carbonyl (C=O) groups is 2. The van der Waals surface area contributed by atoms with E-state index >= 15 is 0 Å². The molecule has 4 rings (SSSR count). The number of amides is 1. The maximum absolute atomic E-state index is 12.4. The predicted molar refractivity (Wildman–Crippen MR) is 163 cm³/mol. The van der Waals surface area contributed by atoms with Crippen molar-refractivity contribution in [3.05, 3.63) is 65.2 Å². The fourth-order valence-electron chi connectivity index (χ4n) is 4.64. The van der Waals surface area contributed by atoms with Gasteiger partial charge in [0.25, 0.3) is 0 Å². The second-order valence-electron chi connectivity index (χ2n) is 10.2. The van der Waals surface area contributed by atoms with E-state index in [-0.39, 0.29) is 17.7 Å². The van der Waals surface area contributed by atoms with Crippen LogP contribution in [0.25, 0.3) is 5.57 Å². The first kappa shape index (κ1) is 33.8. The van der Waals surface area contributed by atoms with E-state index in [2.05, 4.69) is 35.9 Å². The zero-order valence-corrected chi connectivity index (χ0v) is 25.2. The smallest absolute Gasteiger partial charge is 0.219 e. The van der Waals surface area contributed by atoms with Gasteiger partial charge >= 0.3 is 0 Å². The molecule has 2 aliphatic carbocycles. The number of ketones is 1. The van der Waals surface area contributed by atoms with Crippen molar-refractivity contribution in [1.82, 2.24) is 9.88 Å². The number of aromatic nitrogens is 1. The number of nitrogens with two attached hydrogens (primary N) is 1. The van der Waals surface area contributed by atoms with Crippen LogP contribution in [0.15, 0.2) is 54.1 Å². The van der Waals surface area contributed by atoms with Gasteiger partial charge < -0.3 is 10.6 Å². The Morgan fingerprint density at radius 3 is 2.23 bits per heavy atom. The topological polar surface area (TPSA) is 100 Å². The molecule has 1 aliphatic heterocycles. The van der Waals surface area contributed by atoms with Crippen LogP contribution in [-0.2, 0) is 9.59 Å². The number of pyridine rings is 1. The number of hydrogen-bond acceptors (Lipinski definition) is 4. The zero-order chi connectivity index (χ0) is 29.4. The fourth-order valence-corrected chi connectivity index (χ4v) is 4.64. The number of Topliss-reactive ketones (excluding diaryl/α,β-unsaturated/α-hetero) is 1. The lowest BCUT2D eigenvalue weighted by atomic mass is 9.86. The van der Waals surface area contributed by atoms with E-state index in [0.717, 1.165) is 41.3 Å². The van der Waals surface area contributed by atoms with Crippen molar-refractivity contribution in [2.45, 2.75) is 87.0 Å². The quantitative estimate of drug-likeness (QED) is 0.232. The number of allylic oxidation sites excluding steroid dienone is 5. The molecule has 1 unspecified atom stereocenters. The van der Waals surface area contributed by atoms with Crippen LogP contribution in [0.3, 0.4) is 0 Å². The third-order valence-corrected chi connectivity index (χ3v) is 6.91. The van der Waals surface area contributed by atoms with Gasteiger partial charge in [-0.1, -0.05) is 46.3 Å². The summed E-state index contributed by atoms with van der Waals surface area (Å²) in [6.07, 6.45) is 18.4. The van der Waals surface area contributed by atoms with Gasteiger partial charge in [0, 0.05) is 55.9 Å². The minimum atomic E-state index is 0.0438. The number of piperidine rings is 1. The van der Waals surface area contributed by atoms with Crippen molar-refractivity contribution in [2.75, 3.05) is 13.1 Å². The van der Waals surface area contributed by atoms with Crippen molar-refractivity contribution >= 4 is 23.1 Å². The Balaban J connectivity index is 0.000000374. The zero-order valence-electron chi connectivity index (χ0n) is 25.2. The van der Waals surface area contributed by atoms with Gasteiger partial charge in [-0.05, 0) is 80.7 Å². The van der Waals surface area contributed by atoms with Crippen molar-refractivity contribution in [1.29, 1.82) is 5.41 Å². The van der Waals surface area contributed by atoms with E-state index < -0.39 is 0 Å². The molecule has 214 valence electrons. The number of aryl methyl sites for hydroxylation is 1. The molecule has 0 radical (unpaired) electrons. The normalized spacial score (nSPS) is 16.9. The van der Waals surface area contributed by atoms with E-state index in [1.54, 1.807) is 6.92 Å². The highest BCUT2D eigenvalue weighted by Gasteiger charge is 2.36. The maximum atomic E-state index is 12.4. The summed E-state index contributed by atoms with van der Waals surface area (Å²) < 4.78 is 0. The molecule has 1 saturated heterocycles. The Morgan fingerprint density at radius 2 is 1.74 bits per heavy atom. The Hall–Kier alpha value is -3.24. The van der Waals surface area contributed by atoms with Crippen molar-refractivity contribution < 1.29 is 9.59 Å². The predicted octanol–water partition coefficient (Wildman–Crippen LogP) is 7.05. The molecule has 6 heteroatoms. The summed E-state index contributed by atoms with van der Waals surface area (Å²) in [5.74, 6) is 2.19.